The van der Waals surface area contributed by atoms with E-state index in [1.54, 1.807) is 29.2 Å². The van der Waals surface area contributed by atoms with Gasteiger partial charge < -0.3 is 4.42 Å². The number of hydrogen-bond acceptors (Lipinski definition) is 3. The molecule has 1 aromatic heterocycles. The molecule has 4 nitrogen and oxygen atoms in total. The predicted molar refractivity (Wildman–Crippen MR) is 121 cm³/mol. The van der Waals surface area contributed by atoms with E-state index in [0.717, 1.165) is 15.6 Å². The first-order valence-electron chi connectivity index (χ1n) is 9.36. The summed E-state index contributed by atoms with van der Waals surface area (Å²) in [5, 5.41) is 1.05. The highest BCUT2D eigenvalue weighted by atomic mass is 79.9. The molecule has 5 rings (SSSR count). The van der Waals surface area contributed by atoms with Gasteiger partial charge in [0.2, 0.25) is 5.76 Å². The smallest absolute Gasteiger partial charge is 0.295 e. The molecule has 1 aliphatic rings. The van der Waals surface area contributed by atoms with Crippen molar-refractivity contribution >= 4 is 50.1 Å². The summed E-state index contributed by atoms with van der Waals surface area (Å²) in [6.45, 7) is 1.92. The third kappa shape index (κ3) is 2.97. The van der Waals surface area contributed by atoms with Crippen LogP contribution in [-0.2, 0) is 0 Å². The van der Waals surface area contributed by atoms with E-state index in [0.29, 0.717) is 27.2 Å². The lowest BCUT2D eigenvalue weighted by Crippen LogP contribution is -2.29. The van der Waals surface area contributed by atoms with E-state index < -0.39 is 6.04 Å². The van der Waals surface area contributed by atoms with E-state index in [9.17, 15) is 9.59 Å². The SMILES string of the molecule is Cc1ccc2oc3c(c(=O)c2c1)C(c1ccc(Cl)cc1)N(c1ccc(Br)cc1)C3=O. The van der Waals surface area contributed by atoms with Crippen LogP contribution < -0.4 is 10.3 Å². The number of carbonyl (C=O) groups is 1. The summed E-state index contributed by atoms with van der Waals surface area (Å²) < 4.78 is 6.87. The Morgan fingerprint density at radius 1 is 0.967 bits per heavy atom. The van der Waals surface area contributed by atoms with E-state index in [1.807, 2.05) is 49.4 Å². The number of rotatable bonds is 2. The van der Waals surface area contributed by atoms with Crippen molar-refractivity contribution in [3.05, 3.63) is 109 Å². The summed E-state index contributed by atoms with van der Waals surface area (Å²) >= 11 is 9.51. The molecule has 0 N–H and O–H groups in total. The van der Waals surface area contributed by atoms with E-state index in [4.69, 9.17) is 16.0 Å². The molecule has 2 heterocycles. The Morgan fingerprint density at radius 3 is 2.37 bits per heavy atom. The number of anilines is 1. The largest absolute Gasteiger partial charge is 0.450 e. The summed E-state index contributed by atoms with van der Waals surface area (Å²) in [6.07, 6.45) is 0. The third-order valence-corrected chi connectivity index (χ3v) is 6.10. The van der Waals surface area contributed by atoms with Crippen LogP contribution in [-0.4, -0.2) is 5.91 Å². The van der Waals surface area contributed by atoms with Gasteiger partial charge in [0.15, 0.2) is 5.43 Å². The van der Waals surface area contributed by atoms with Crippen molar-refractivity contribution in [3.8, 4) is 0 Å². The van der Waals surface area contributed by atoms with Gasteiger partial charge in [0.25, 0.3) is 5.91 Å². The van der Waals surface area contributed by atoms with Crippen LogP contribution in [0.15, 0.2) is 80.4 Å². The number of halogens is 2. The van der Waals surface area contributed by atoms with E-state index >= 15 is 0 Å². The predicted octanol–water partition coefficient (Wildman–Crippen LogP) is 6.27. The van der Waals surface area contributed by atoms with Crippen molar-refractivity contribution in [3.63, 3.8) is 0 Å². The molecule has 0 bridgehead atoms. The first-order chi connectivity index (χ1) is 14.4. The molecule has 30 heavy (non-hydrogen) atoms. The first kappa shape index (κ1) is 19.1. The number of hydrogen-bond donors (Lipinski definition) is 0. The molecular weight excluding hydrogens is 466 g/mol. The first-order valence-corrected chi connectivity index (χ1v) is 10.5. The van der Waals surface area contributed by atoms with Crippen molar-refractivity contribution in [2.45, 2.75) is 13.0 Å². The number of nitrogens with zero attached hydrogens (tertiary/aromatic N) is 1. The van der Waals surface area contributed by atoms with Crippen molar-refractivity contribution in [2.24, 2.45) is 0 Å². The maximum absolute atomic E-state index is 13.5. The number of carbonyl (C=O) groups excluding carboxylic acids is 1. The highest BCUT2D eigenvalue weighted by molar-refractivity contribution is 9.10. The average Bonchev–Trinajstić information content (AvgIpc) is 3.03. The number of amides is 1. The zero-order valence-corrected chi connectivity index (χ0v) is 18.2. The fraction of sp³-hybridized carbons (Fsp3) is 0.0833. The molecule has 1 atom stereocenters. The summed E-state index contributed by atoms with van der Waals surface area (Å²) in [4.78, 5) is 28.6. The van der Waals surface area contributed by atoms with Crippen LogP contribution in [0.1, 0.15) is 33.3 Å². The number of fused-ring (bicyclic) bond motifs is 2. The van der Waals surface area contributed by atoms with E-state index in [2.05, 4.69) is 15.9 Å². The van der Waals surface area contributed by atoms with Crippen molar-refractivity contribution in [2.75, 3.05) is 4.90 Å². The molecule has 0 saturated carbocycles. The normalized spacial score (nSPS) is 15.6. The van der Waals surface area contributed by atoms with Crippen molar-refractivity contribution in [1.82, 2.24) is 0 Å². The molecule has 0 saturated heterocycles. The second kappa shape index (κ2) is 7.11. The molecule has 0 fully saturated rings. The Morgan fingerprint density at radius 2 is 1.67 bits per heavy atom. The molecule has 3 aromatic carbocycles. The molecule has 0 aliphatic carbocycles. The van der Waals surface area contributed by atoms with Gasteiger partial charge >= 0.3 is 0 Å². The third-order valence-electron chi connectivity index (χ3n) is 5.32. The standard InChI is InChI=1S/C24H15BrClNO3/c1-13-2-11-19-18(12-13)22(28)20-21(14-3-7-16(26)8-4-14)27(24(29)23(20)30-19)17-9-5-15(25)6-10-17/h2-12,21H,1H3. The van der Waals surface area contributed by atoms with Crippen molar-refractivity contribution < 1.29 is 9.21 Å². The van der Waals surface area contributed by atoms with Gasteiger partial charge in [-0.1, -0.05) is 51.3 Å². The van der Waals surface area contributed by atoms with Crippen LogP contribution in [0.4, 0.5) is 5.69 Å². The average molecular weight is 481 g/mol. The number of aryl methyl sites for hydroxylation is 1. The molecule has 148 valence electrons. The van der Waals surface area contributed by atoms with Crippen LogP contribution in [0.5, 0.6) is 0 Å². The second-order valence-electron chi connectivity index (χ2n) is 7.28. The fourth-order valence-electron chi connectivity index (χ4n) is 3.92. The highest BCUT2D eigenvalue weighted by Gasteiger charge is 2.43. The van der Waals surface area contributed by atoms with Gasteiger partial charge in [-0.25, -0.2) is 0 Å². The van der Waals surface area contributed by atoms with Crippen molar-refractivity contribution in [1.29, 1.82) is 0 Å². The van der Waals surface area contributed by atoms with Gasteiger partial charge in [0.05, 0.1) is 17.0 Å². The van der Waals surface area contributed by atoms with Crippen LogP contribution in [0.2, 0.25) is 5.02 Å². The topological polar surface area (TPSA) is 50.5 Å². The molecule has 4 aromatic rings. The second-order valence-corrected chi connectivity index (χ2v) is 8.63. The molecule has 1 aliphatic heterocycles. The monoisotopic (exact) mass is 479 g/mol. The molecule has 1 amide bonds. The Hall–Kier alpha value is -2.89. The van der Waals surface area contributed by atoms with Crippen LogP contribution in [0, 0.1) is 6.92 Å². The van der Waals surface area contributed by atoms with Gasteiger partial charge in [-0.05, 0) is 61.0 Å². The summed E-state index contributed by atoms with van der Waals surface area (Å²) in [5.74, 6) is -0.258. The van der Waals surface area contributed by atoms with E-state index in [1.165, 1.54) is 0 Å². The van der Waals surface area contributed by atoms with Gasteiger partial charge in [-0.15, -0.1) is 0 Å². The van der Waals surface area contributed by atoms with Gasteiger partial charge in [0.1, 0.15) is 5.58 Å². The minimum absolute atomic E-state index is 0.0826. The maximum Gasteiger partial charge on any atom is 0.295 e. The Labute approximate surface area is 185 Å². The lowest BCUT2D eigenvalue weighted by molar-refractivity contribution is 0.0971. The summed E-state index contributed by atoms with van der Waals surface area (Å²) in [5.41, 5.74) is 2.98. The minimum Gasteiger partial charge on any atom is -0.450 e. The van der Waals surface area contributed by atoms with Crippen LogP contribution in [0.3, 0.4) is 0 Å². The summed E-state index contributed by atoms with van der Waals surface area (Å²) in [7, 11) is 0. The minimum atomic E-state index is -0.605. The lowest BCUT2D eigenvalue weighted by Gasteiger charge is -2.25. The Balaban J connectivity index is 1.81. The molecule has 0 radical (unpaired) electrons. The van der Waals surface area contributed by atoms with Gasteiger partial charge in [-0.2, -0.15) is 0 Å². The summed E-state index contributed by atoms with van der Waals surface area (Å²) in [6, 6.07) is 19.4. The molecule has 0 spiro atoms. The molecule has 6 heteroatoms. The highest BCUT2D eigenvalue weighted by Crippen LogP contribution is 2.41. The van der Waals surface area contributed by atoms with Crippen LogP contribution in [0.25, 0.3) is 11.0 Å². The zero-order chi connectivity index (χ0) is 21.0. The van der Waals surface area contributed by atoms with Gasteiger partial charge in [-0.3, -0.25) is 14.5 Å². The van der Waals surface area contributed by atoms with Gasteiger partial charge in [0, 0.05) is 15.2 Å². The zero-order valence-electron chi connectivity index (χ0n) is 15.9. The molecule has 1 unspecified atom stereocenters. The maximum atomic E-state index is 13.5. The fourth-order valence-corrected chi connectivity index (χ4v) is 4.31. The Kier molecular flexibility index (Phi) is 4.53. The Bertz CT molecular complexity index is 1360. The number of benzene rings is 3. The quantitative estimate of drug-likeness (QED) is 0.340. The van der Waals surface area contributed by atoms with Crippen LogP contribution >= 0.6 is 27.5 Å². The lowest BCUT2D eigenvalue weighted by atomic mass is 9.98. The van der Waals surface area contributed by atoms with E-state index in [-0.39, 0.29) is 17.1 Å². The molecular formula is C24H15BrClNO3.